The Morgan fingerprint density at radius 3 is 0.803 bits per heavy atom. The summed E-state index contributed by atoms with van der Waals surface area (Å²) in [4.78, 5) is 61.6. The molecule has 0 aliphatic rings. The summed E-state index contributed by atoms with van der Waals surface area (Å²) in [5.41, 5.74) is 5.41. The Morgan fingerprint density at radius 2 is 0.561 bits per heavy atom. The topological polar surface area (TPSA) is 238 Å². The van der Waals surface area contributed by atoms with Crippen molar-refractivity contribution in [3.05, 3.63) is 217 Å². The maximum absolute atomic E-state index is 11.1. The number of hydrogen-bond donors (Lipinski definition) is 2. The van der Waals surface area contributed by atoms with Crippen LogP contribution in [0.25, 0.3) is 65.9 Å². The third kappa shape index (κ3) is 11.1. The number of aromatic nitrogens is 4. The molecule has 66 heavy (non-hydrogen) atoms. The van der Waals surface area contributed by atoms with Gasteiger partial charge in [-0.15, -0.1) is 0 Å². The number of aromatic carboxylic acids is 4. The first-order chi connectivity index (χ1) is 31.1. The van der Waals surface area contributed by atoms with Gasteiger partial charge in [0.15, 0.2) is 0 Å². The van der Waals surface area contributed by atoms with Gasteiger partial charge in [-0.25, -0.2) is 9.59 Å². The summed E-state index contributed by atoms with van der Waals surface area (Å²) in [5.74, 6) is -4.85. The van der Waals surface area contributed by atoms with Crippen LogP contribution in [-0.4, -0.2) is 59.5 Å². The number of carboxylic acids is 4. The maximum atomic E-state index is 11.1. The number of carbonyl (C=O) groups excluding carboxylic acids is 2. The van der Waals surface area contributed by atoms with Crippen molar-refractivity contribution in [2.24, 2.45) is 0 Å². The van der Waals surface area contributed by atoms with E-state index < -0.39 is 23.9 Å². The molecule has 0 aliphatic heterocycles. The van der Waals surface area contributed by atoms with Crippen molar-refractivity contribution in [2.75, 3.05) is 0 Å². The van der Waals surface area contributed by atoms with Crippen molar-refractivity contribution in [1.29, 1.82) is 0 Å². The van der Waals surface area contributed by atoms with E-state index in [1.807, 2.05) is 24.3 Å². The van der Waals surface area contributed by atoms with Crippen molar-refractivity contribution >= 4 is 67.5 Å². The second-order valence-electron chi connectivity index (χ2n) is 13.8. The summed E-state index contributed by atoms with van der Waals surface area (Å²) in [6.07, 6.45) is 7.21. The number of benzene rings is 6. The Kier molecular flexibility index (Phi) is 16.6. The van der Waals surface area contributed by atoms with Crippen LogP contribution in [0.4, 0.5) is 0 Å². The molecule has 13 nitrogen and oxygen atoms in total. The van der Waals surface area contributed by atoms with Crippen LogP contribution in [0.15, 0.2) is 195 Å². The first-order valence-corrected chi connectivity index (χ1v) is 19.6. The molecule has 10 rings (SSSR count). The zero-order valence-electron chi connectivity index (χ0n) is 34.8. The van der Waals surface area contributed by atoms with Crippen molar-refractivity contribution in [1.82, 2.24) is 19.9 Å². The summed E-state index contributed by atoms with van der Waals surface area (Å²) in [7, 11) is 0. The predicted octanol–water partition coefficient (Wildman–Crippen LogP) is 7.57. The van der Waals surface area contributed by atoms with Crippen LogP contribution in [0.2, 0.25) is 0 Å². The van der Waals surface area contributed by atoms with Gasteiger partial charge in [-0.2, -0.15) is 0 Å². The molecular weight excluding hydrogens is 890 g/mol. The first kappa shape index (κ1) is 48.5. The van der Waals surface area contributed by atoms with E-state index in [1.54, 1.807) is 97.6 Å². The van der Waals surface area contributed by atoms with Gasteiger partial charge in [-0.3, -0.25) is 19.9 Å². The van der Waals surface area contributed by atoms with E-state index in [-0.39, 0.29) is 47.2 Å². The summed E-state index contributed by atoms with van der Waals surface area (Å²) in [6.45, 7) is 0. The Hall–Kier alpha value is -8.58. The summed E-state index contributed by atoms with van der Waals surface area (Å²) >= 11 is 0. The SMILES string of the molecule is O.O=C([O-])c1ccccc1-c1ccccc1C(=O)O.O=C([O-])c1ccccc1-c1ccccc1C(=O)O.[Zn+2].c1cnc2c(c1)ccc1cccnc12.c1cnc2c(c1)ccc1cccnc12. The van der Waals surface area contributed by atoms with E-state index in [0.717, 1.165) is 43.6 Å². The van der Waals surface area contributed by atoms with Crippen molar-refractivity contribution < 1.29 is 64.6 Å². The molecule has 0 unspecified atom stereocenters. The Morgan fingerprint density at radius 1 is 0.333 bits per heavy atom. The number of carboxylic acid groups (broad SMARTS) is 4. The van der Waals surface area contributed by atoms with Crippen LogP contribution in [0.1, 0.15) is 41.4 Å². The van der Waals surface area contributed by atoms with Gasteiger partial charge in [0, 0.05) is 57.5 Å². The van der Waals surface area contributed by atoms with E-state index in [9.17, 15) is 29.4 Å². The Bertz CT molecular complexity index is 2900. The number of nitrogens with zero attached hydrogens (tertiary/aromatic N) is 4. The van der Waals surface area contributed by atoms with E-state index in [1.165, 1.54) is 24.3 Å². The second-order valence-corrected chi connectivity index (χ2v) is 13.8. The predicted molar refractivity (Wildman–Crippen MR) is 244 cm³/mol. The van der Waals surface area contributed by atoms with Gasteiger partial charge in [0.1, 0.15) is 0 Å². The number of carbonyl (C=O) groups is 4. The van der Waals surface area contributed by atoms with Crippen LogP contribution in [0.3, 0.4) is 0 Å². The van der Waals surface area contributed by atoms with E-state index in [0.29, 0.717) is 22.3 Å². The second kappa shape index (κ2) is 22.7. The largest absolute Gasteiger partial charge is 2.00 e. The molecule has 6 aromatic carbocycles. The molecule has 0 fully saturated rings. The van der Waals surface area contributed by atoms with E-state index in [2.05, 4.69) is 68.5 Å². The van der Waals surface area contributed by atoms with E-state index in [4.69, 9.17) is 10.2 Å². The zero-order valence-corrected chi connectivity index (χ0v) is 37.8. The van der Waals surface area contributed by atoms with Gasteiger partial charge >= 0.3 is 31.4 Å². The van der Waals surface area contributed by atoms with Crippen LogP contribution in [0.5, 0.6) is 0 Å². The smallest absolute Gasteiger partial charge is 0.545 e. The molecule has 0 saturated heterocycles. The normalized spacial score (nSPS) is 10.1. The van der Waals surface area contributed by atoms with Crippen molar-refractivity contribution in [2.45, 2.75) is 0 Å². The number of pyridine rings is 4. The van der Waals surface area contributed by atoms with Gasteiger partial charge < -0.3 is 35.5 Å². The molecule has 14 heteroatoms. The summed E-state index contributed by atoms with van der Waals surface area (Å²) in [5, 5.41) is 44.8. The third-order valence-electron chi connectivity index (χ3n) is 9.88. The van der Waals surface area contributed by atoms with Gasteiger partial charge in [0.2, 0.25) is 0 Å². The third-order valence-corrected chi connectivity index (χ3v) is 9.88. The molecule has 0 amide bonds. The Balaban J connectivity index is 0.000000164. The first-order valence-electron chi connectivity index (χ1n) is 19.6. The molecule has 0 radical (unpaired) electrons. The minimum absolute atomic E-state index is 0. The fraction of sp³-hybridized carbons (Fsp3) is 0. The molecule has 0 bridgehead atoms. The molecule has 0 aliphatic carbocycles. The molecule has 0 atom stereocenters. The number of rotatable bonds is 6. The minimum atomic E-state index is -1.33. The molecule has 0 spiro atoms. The summed E-state index contributed by atoms with van der Waals surface area (Å²) < 4.78 is 0. The van der Waals surface area contributed by atoms with Crippen LogP contribution in [-0.2, 0) is 19.5 Å². The monoisotopic (exact) mass is 924 g/mol. The van der Waals surface area contributed by atoms with Crippen LogP contribution >= 0.6 is 0 Å². The van der Waals surface area contributed by atoms with Gasteiger partial charge in [-0.05, 0) is 58.7 Å². The van der Waals surface area contributed by atoms with Crippen LogP contribution < -0.4 is 10.2 Å². The molecule has 10 aromatic rings. The fourth-order valence-electron chi connectivity index (χ4n) is 6.96. The minimum Gasteiger partial charge on any atom is -0.545 e. The zero-order chi connectivity index (χ0) is 45.0. The molecule has 320 valence electrons. The van der Waals surface area contributed by atoms with E-state index >= 15 is 0 Å². The standard InChI is InChI=1S/2C14H10O4.2C12H8N2.H2O.Zn/c2*15-13(16)11-7-3-1-5-9(11)10-6-2-4-8-12(10)14(17)18;2*1-3-9-5-6-10-4-2-8-14-12(10)11(9)13-7-1;;/h2*1-8H,(H,15,16)(H,17,18);2*1-8H;1H2;/q;;;;;+2/p-2. The fourth-order valence-corrected chi connectivity index (χ4v) is 6.96. The maximum Gasteiger partial charge on any atom is 2.00 e. The number of fused-ring (bicyclic) bond motifs is 6. The van der Waals surface area contributed by atoms with Crippen molar-refractivity contribution in [3.8, 4) is 22.3 Å². The Labute approximate surface area is 389 Å². The average molecular weight is 926 g/mol. The van der Waals surface area contributed by atoms with Crippen LogP contribution in [0, 0.1) is 0 Å². The van der Waals surface area contributed by atoms with Gasteiger partial charge in [0.05, 0.1) is 45.1 Å². The quantitative estimate of drug-likeness (QED) is 0.121. The summed E-state index contributed by atoms with van der Waals surface area (Å²) in [6, 6.07) is 49.2. The molecule has 4 heterocycles. The number of hydrogen-bond acceptors (Lipinski definition) is 10. The molecule has 0 saturated carbocycles. The molecule has 4 N–H and O–H groups in total. The van der Waals surface area contributed by atoms with Gasteiger partial charge in [-0.1, -0.05) is 133 Å². The average Bonchev–Trinajstić information content (AvgIpc) is 3.34. The van der Waals surface area contributed by atoms with Crippen molar-refractivity contribution in [3.63, 3.8) is 0 Å². The molecule has 4 aromatic heterocycles. The molecular formula is C52H36N4O9Zn. The van der Waals surface area contributed by atoms with Gasteiger partial charge in [0.25, 0.3) is 0 Å².